The molecule has 0 bridgehead atoms. The number of hydrogen-bond acceptors (Lipinski definition) is 8. The van der Waals surface area contributed by atoms with Crippen LogP contribution < -0.4 is 10.6 Å². The average molecular weight is 585 g/mol. The zero-order valence-corrected chi connectivity index (χ0v) is 24.6. The van der Waals surface area contributed by atoms with Crippen molar-refractivity contribution in [2.24, 2.45) is 0 Å². The van der Waals surface area contributed by atoms with Gasteiger partial charge in [0.1, 0.15) is 28.9 Å². The lowest BCUT2D eigenvalue weighted by molar-refractivity contribution is -0.140. The van der Waals surface area contributed by atoms with E-state index in [0.717, 1.165) is 0 Å². The minimum Gasteiger partial charge on any atom is -0.480 e. The molecule has 2 amide bonds. The Labute approximate surface area is 242 Å². The summed E-state index contributed by atoms with van der Waals surface area (Å²) in [4.78, 5) is 61.6. The van der Waals surface area contributed by atoms with Crippen molar-refractivity contribution in [2.75, 3.05) is 0 Å². The summed E-state index contributed by atoms with van der Waals surface area (Å²) < 4.78 is 16.4. The fourth-order valence-corrected chi connectivity index (χ4v) is 4.42. The average Bonchev–Trinajstić information content (AvgIpc) is 3.28. The molecule has 0 aliphatic carbocycles. The number of Topliss-reactive ketones (excluding diaryl/α,β-unsaturated/α-hetero) is 1. The molecule has 12 heteroatoms. The molecule has 1 heterocycles. The summed E-state index contributed by atoms with van der Waals surface area (Å²) in [6, 6.07) is 5.48. The minimum absolute atomic E-state index is 0.0261. The maximum absolute atomic E-state index is 12.4. The third-order valence-electron chi connectivity index (χ3n) is 6.05. The van der Waals surface area contributed by atoms with E-state index in [1.54, 1.807) is 65.8 Å². The summed E-state index contributed by atoms with van der Waals surface area (Å²) in [5.74, 6) is -3.07. The van der Waals surface area contributed by atoms with Crippen molar-refractivity contribution in [3.05, 3.63) is 47.2 Å². The number of hydrogen-bond donors (Lipinski definition) is 4. The second-order valence-corrected chi connectivity index (χ2v) is 11.9. The number of aliphatic carboxylic acids is 2. The van der Waals surface area contributed by atoms with Crippen molar-refractivity contribution in [1.82, 2.24) is 10.6 Å². The molecular weight excluding hydrogens is 548 g/mol. The van der Waals surface area contributed by atoms with Gasteiger partial charge in [0.2, 0.25) is 0 Å². The molecule has 0 saturated carbocycles. The van der Waals surface area contributed by atoms with Gasteiger partial charge in [0, 0.05) is 30.7 Å². The van der Waals surface area contributed by atoms with E-state index >= 15 is 0 Å². The Kier molecular flexibility index (Phi) is 9.19. The molecule has 2 aromatic carbocycles. The third kappa shape index (κ3) is 7.99. The second-order valence-electron chi connectivity index (χ2n) is 11.9. The Morgan fingerprint density at radius 2 is 1.19 bits per heavy atom. The SMILES string of the molecule is CC(=O)c1cc2c(CC(NC(=O)OC(C)(C)C)C(=O)O)c3ccccc3c(C[C@H](NC(=O)OC(C)(C)C)C(=O)O)c2o1. The lowest BCUT2D eigenvalue weighted by Crippen LogP contribution is -2.45. The van der Waals surface area contributed by atoms with E-state index in [9.17, 15) is 34.2 Å². The van der Waals surface area contributed by atoms with E-state index in [4.69, 9.17) is 13.9 Å². The lowest BCUT2D eigenvalue weighted by atomic mass is 9.89. The number of carboxylic acid groups (broad SMARTS) is 2. The zero-order valence-electron chi connectivity index (χ0n) is 24.6. The van der Waals surface area contributed by atoms with Crippen molar-refractivity contribution in [3.63, 3.8) is 0 Å². The lowest BCUT2D eigenvalue weighted by Gasteiger charge is -2.23. The van der Waals surface area contributed by atoms with E-state index in [1.165, 1.54) is 13.0 Å². The number of ether oxygens (including phenoxy) is 2. The molecule has 0 aliphatic rings. The molecule has 226 valence electrons. The third-order valence-corrected chi connectivity index (χ3v) is 6.05. The Morgan fingerprint density at radius 1 is 0.762 bits per heavy atom. The Hall–Kier alpha value is -4.61. The Morgan fingerprint density at radius 3 is 1.60 bits per heavy atom. The van der Waals surface area contributed by atoms with Gasteiger partial charge in [0.25, 0.3) is 0 Å². The van der Waals surface area contributed by atoms with Crippen LogP contribution in [-0.4, -0.2) is 63.4 Å². The Bertz CT molecular complexity index is 1430. The standard InChI is InChI=1S/C30H36N2O10/c1-15(33)23-14-20-18(12-21(25(34)35)31-27(38)41-29(2,3)4)16-10-8-9-11-17(16)19(24(20)40-23)13-22(26(36)37)32-28(39)42-30(5,6)7/h8-11,14,21-22H,12-13H2,1-7H3,(H,31,38)(H,32,39)(H,34,35)(H,36,37)/t21?,22-/m0/s1. The van der Waals surface area contributed by atoms with Crippen LogP contribution in [0.2, 0.25) is 0 Å². The highest BCUT2D eigenvalue weighted by atomic mass is 16.6. The summed E-state index contributed by atoms with van der Waals surface area (Å²) in [6.45, 7) is 11.2. The molecular formula is C30H36N2O10. The normalized spacial score (nSPS) is 13.3. The highest BCUT2D eigenvalue weighted by Crippen LogP contribution is 2.37. The van der Waals surface area contributed by atoms with Gasteiger partial charge < -0.3 is 34.7 Å². The summed E-state index contributed by atoms with van der Waals surface area (Å²) in [5.41, 5.74) is -0.722. The van der Waals surface area contributed by atoms with Crippen LogP contribution in [0.25, 0.3) is 21.7 Å². The van der Waals surface area contributed by atoms with Gasteiger partial charge in [0.05, 0.1) is 0 Å². The first kappa shape index (κ1) is 31.9. The number of benzene rings is 2. The highest BCUT2D eigenvalue weighted by molar-refractivity contribution is 6.07. The number of carbonyl (C=O) groups excluding carboxylic acids is 3. The first-order valence-electron chi connectivity index (χ1n) is 13.3. The predicted molar refractivity (Wildman–Crippen MR) is 153 cm³/mol. The minimum atomic E-state index is -1.43. The number of furan rings is 1. The van der Waals surface area contributed by atoms with Crippen molar-refractivity contribution in [1.29, 1.82) is 0 Å². The molecule has 0 aliphatic heterocycles. The summed E-state index contributed by atoms with van der Waals surface area (Å²) >= 11 is 0. The van der Waals surface area contributed by atoms with Crippen molar-refractivity contribution < 1.29 is 48.1 Å². The predicted octanol–water partition coefficient (Wildman–Crippen LogP) is 4.83. The molecule has 0 radical (unpaired) electrons. The number of fused-ring (bicyclic) bond motifs is 2. The molecule has 1 aromatic heterocycles. The molecule has 12 nitrogen and oxygen atoms in total. The van der Waals surface area contributed by atoms with Gasteiger partial charge in [0.15, 0.2) is 11.5 Å². The monoisotopic (exact) mass is 584 g/mol. The van der Waals surface area contributed by atoms with Crippen LogP contribution in [0.15, 0.2) is 34.7 Å². The Balaban J connectivity index is 2.17. The van der Waals surface area contributed by atoms with Gasteiger partial charge in [-0.1, -0.05) is 24.3 Å². The van der Waals surface area contributed by atoms with E-state index < -0.39 is 53.2 Å². The first-order valence-corrected chi connectivity index (χ1v) is 13.3. The number of alkyl carbamates (subject to hydrolysis) is 2. The molecule has 2 atom stereocenters. The van der Waals surface area contributed by atoms with Gasteiger partial charge in [-0.25, -0.2) is 19.2 Å². The van der Waals surface area contributed by atoms with Gasteiger partial charge in [-0.15, -0.1) is 0 Å². The van der Waals surface area contributed by atoms with Crippen LogP contribution in [0.3, 0.4) is 0 Å². The zero-order chi connectivity index (χ0) is 31.6. The maximum Gasteiger partial charge on any atom is 0.408 e. The van der Waals surface area contributed by atoms with E-state index in [0.29, 0.717) is 27.3 Å². The van der Waals surface area contributed by atoms with Crippen LogP contribution >= 0.6 is 0 Å². The molecule has 4 N–H and O–H groups in total. The molecule has 0 spiro atoms. The molecule has 42 heavy (non-hydrogen) atoms. The smallest absolute Gasteiger partial charge is 0.408 e. The van der Waals surface area contributed by atoms with Gasteiger partial charge in [-0.05, 0) is 63.9 Å². The number of ketones is 1. The van der Waals surface area contributed by atoms with Gasteiger partial charge in [-0.3, -0.25) is 4.79 Å². The van der Waals surface area contributed by atoms with Crippen LogP contribution in [0.4, 0.5) is 9.59 Å². The first-order chi connectivity index (χ1) is 19.4. The quantitative estimate of drug-likeness (QED) is 0.254. The molecule has 0 saturated heterocycles. The highest BCUT2D eigenvalue weighted by Gasteiger charge is 2.30. The number of carboxylic acids is 2. The van der Waals surface area contributed by atoms with Crippen molar-refractivity contribution >= 4 is 51.7 Å². The van der Waals surface area contributed by atoms with Crippen LogP contribution in [0.1, 0.15) is 70.1 Å². The topological polar surface area (TPSA) is 181 Å². The summed E-state index contributed by atoms with van der Waals surface area (Å²) in [6.07, 6.45) is -2.29. The fourth-order valence-electron chi connectivity index (χ4n) is 4.42. The second kappa shape index (κ2) is 12.1. The molecule has 0 fully saturated rings. The van der Waals surface area contributed by atoms with Crippen molar-refractivity contribution in [3.8, 4) is 0 Å². The maximum atomic E-state index is 12.4. The van der Waals surface area contributed by atoms with E-state index in [-0.39, 0.29) is 24.2 Å². The van der Waals surface area contributed by atoms with Crippen molar-refractivity contribution in [2.45, 2.75) is 84.6 Å². The van der Waals surface area contributed by atoms with Crippen LogP contribution in [-0.2, 0) is 31.9 Å². The molecule has 3 rings (SSSR count). The largest absolute Gasteiger partial charge is 0.480 e. The fraction of sp³-hybridized carbons (Fsp3) is 0.433. The molecule has 3 aromatic rings. The van der Waals surface area contributed by atoms with E-state index in [2.05, 4.69) is 10.6 Å². The van der Waals surface area contributed by atoms with E-state index in [1.807, 2.05) is 0 Å². The number of nitrogens with one attached hydrogen (secondary N) is 2. The number of amides is 2. The summed E-state index contributed by atoms with van der Waals surface area (Å²) in [7, 11) is 0. The van der Waals surface area contributed by atoms with Crippen LogP contribution in [0, 0.1) is 0 Å². The van der Waals surface area contributed by atoms with Gasteiger partial charge >= 0.3 is 24.1 Å². The van der Waals surface area contributed by atoms with Crippen LogP contribution in [0.5, 0.6) is 0 Å². The van der Waals surface area contributed by atoms with Gasteiger partial charge in [-0.2, -0.15) is 0 Å². The number of carbonyl (C=O) groups is 5. The molecule has 1 unspecified atom stereocenters. The summed E-state index contributed by atoms with van der Waals surface area (Å²) in [5, 5.41) is 26.1. The number of rotatable bonds is 9.